The number of sulfone groups is 1. The highest BCUT2D eigenvalue weighted by Crippen LogP contribution is 2.31. The van der Waals surface area contributed by atoms with Crippen molar-refractivity contribution in [2.45, 2.75) is 33.2 Å². The third-order valence-electron chi connectivity index (χ3n) is 5.68. The fourth-order valence-electron chi connectivity index (χ4n) is 3.95. The van der Waals surface area contributed by atoms with Crippen LogP contribution in [0.25, 0.3) is 6.08 Å². The van der Waals surface area contributed by atoms with Crippen LogP contribution in [0.3, 0.4) is 0 Å². The van der Waals surface area contributed by atoms with Crippen LogP contribution in [-0.2, 0) is 19.4 Å². The van der Waals surface area contributed by atoms with Crippen molar-refractivity contribution in [3.8, 4) is 6.07 Å². The third-order valence-corrected chi connectivity index (χ3v) is 7.43. The van der Waals surface area contributed by atoms with Gasteiger partial charge in [-0.05, 0) is 56.5 Å². The van der Waals surface area contributed by atoms with E-state index in [1.165, 1.54) is 0 Å². The van der Waals surface area contributed by atoms with Crippen LogP contribution in [-0.4, -0.2) is 55.8 Å². The Bertz CT molecular complexity index is 1070. The number of rotatable bonds is 5. The number of amides is 2. The lowest BCUT2D eigenvalue weighted by molar-refractivity contribution is -0.142. The van der Waals surface area contributed by atoms with Crippen molar-refractivity contribution in [3.05, 3.63) is 46.5 Å². The number of nitriles is 1. The number of hydrogen-bond acceptors (Lipinski definition) is 6. The van der Waals surface area contributed by atoms with Gasteiger partial charge in [0.05, 0.1) is 17.5 Å². The average Bonchev–Trinajstić information content (AvgIpc) is 3.07. The molecule has 1 atom stereocenters. The molecule has 2 aliphatic heterocycles. The highest BCUT2D eigenvalue weighted by atomic mass is 32.2. The Labute approximate surface area is 177 Å². The van der Waals surface area contributed by atoms with Crippen LogP contribution in [0, 0.1) is 11.3 Å². The normalized spacial score (nSPS) is 22.5. The van der Waals surface area contributed by atoms with E-state index < -0.39 is 27.7 Å². The van der Waals surface area contributed by atoms with E-state index in [0.29, 0.717) is 5.57 Å². The molecule has 1 saturated heterocycles. The zero-order valence-electron chi connectivity index (χ0n) is 17.4. The van der Waals surface area contributed by atoms with Gasteiger partial charge < -0.3 is 4.90 Å². The van der Waals surface area contributed by atoms with Crippen molar-refractivity contribution in [1.82, 2.24) is 4.90 Å². The summed E-state index contributed by atoms with van der Waals surface area (Å²) in [5.41, 5.74) is 2.27. The Kier molecular flexibility index (Phi) is 6.13. The Morgan fingerprint density at radius 3 is 2.30 bits per heavy atom. The Morgan fingerprint density at radius 2 is 1.80 bits per heavy atom. The number of hydrogen-bond donors (Lipinski definition) is 0. The first-order chi connectivity index (χ1) is 14.2. The summed E-state index contributed by atoms with van der Waals surface area (Å²) in [7, 11) is -3.29. The summed E-state index contributed by atoms with van der Waals surface area (Å²) < 4.78 is 23.8. The molecule has 1 aromatic rings. The predicted octanol–water partition coefficient (Wildman–Crippen LogP) is 2.31. The Balaban J connectivity index is 2.00. The molecule has 0 aromatic heterocycles. The van der Waals surface area contributed by atoms with E-state index in [0.717, 1.165) is 29.2 Å². The second-order valence-corrected chi connectivity index (χ2v) is 9.70. The summed E-state index contributed by atoms with van der Waals surface area (Å²) in [6.07, 6.45) is 1.85. The minimum Gasteiger partial charge on any atom is -0.372 e. The standard InChI is InChI=1S/C22H25N3O4S/c1-4-24(5-2)17-8-6-16(7-9-17)12-19-15(3)20(13-23)22(27)25(21(19)26)18-10-11-30(28,29)14-18/h6-9,12,18H,4-5,10-11,14H2,1-3H3/b19-12-. The molecule has 2 heterocycles. The first-order valence-corrected chi connectivity index (χ1v) is 11.8. The van der Waals surface area contributed by atoms with Gasteiger partial charge in [0, 0.05) is 24.4 Å². The fraction of sp³-hybridized carbons (Fsp3) is 0.409. The maximum absolute atomic E-state index is 13.2. The van der Waals surface area contributed by atoms with Gasteiger partial charge in [-0.15, -0.1) is 0 Å². The van der Waals surface area contributed by atoms with Crippen LogP contribution in [0.2, 0.25) is 0 Å². The van der Waals surface area contributed by atoms with Gasteiger partial charge in [0.1, 0.15) is 11.6 Å². The van der Waals surface area contributed by atoms with Crippen molar-refractivity contribution >= 4 is 33.4 Å². The third kappa shape index (κ3) is 4.03. The first kappa shape index (κ1) is 21.8. The number of benzene rings is 1. The van der Waals surface area contributed by atoms with Gasteiger partial charge in [0.25, 0.3) is 11.8 Å². The van der Waals surface area contributed by atoms with Crippen LogP contribution >= 0.6 is 0 Å². The quantitative estimate of drug-likeness (QED) is 0.528. The summed E-state index contributed by atoms with van der Waals surface area (Å²) in [5.74, 6) is -1.58. The number of imide groups is 1. The van der Waals surface area contributed by atoms with Crippen molar-refractivity contribution in [2.24, 2.45) is 0 Å². The highest BCUT2D eigenvalue weighted by molar-refractivity contribution is 7.91. The molecule has 0 spiro atoms. The van der Waals surface area contributed by atoms with Crippen molar-refractivity contribution in [1.29, 1.82) is 5.26 Å². The van der Waals surface area contributed by atoms with Gasteiger partial charge in [-0.25, -0.2) is 8.42 Å². The van der Waals surface area contributed by atoms with Crippen molar-refractivity contribution in [3.63, 3.8) is 0 Å². The van der Waals surface area contributed by atoms with Crippen LogP contribution in [0.15, 0.2) is 41.0 Å². The summed E-state index contributed by atoms with van der Waals surface area (Å²) in [6.45, 7) is 7.49. The van der Waals surface area contributed by atoms with E-state index in [1.807, 2.05) is 30.3 Å². The topological polar surface area (TPSA) is 98.6 Å². The molecule has 8 heteroatoms. The largest absolute Gasteiger partial charge is 0.372 e. The molecule has 1 fully saturated rings. The van der Waals surface area contributed by atoms with E-state index in [4.69, 9.17) is 0 Å². The molecular weight excluding hydrogens is 402 g/mol. The fourth-order valence-corrected chi connectivity index (χ4v) is 5.65. The highest BCUT2D eigenvalue weighted by Gasteiger charge is 2.43. The molecule has 0 bridgehead atoms. The number of anilines is 1. The molecule has 0 radical (unpaired) electrons. The van der Waals surface area contributed by atoms with Gasteiger partial charge >= 0.3 is 0 Å². The Morgan fingerprint density at radius 1 is 1.17 bits per heavy atom. The lowest BCUT2D eigenvalue weighted by Gasteiger charge is -2.31. The van der Waals surface area contributed by atoms with Crippen LogP contribution < -0.4 is 4.90 Å². The molecule has 1 aromatic carbocycles. The molecule has 3 rings (SSSR count). The van der Waals surface area contributed by atoms with Crippen molar-refractivity contribution < 1.29 is 18.0 Å². The Hall–Kier alpha value is -2.92. The molecule has 158 valence electrons. The van der Waals surface area contributed by atoms with Crippen LogP contribution in [0.1, 0.15) is 32.8 Å². The zero-order chi connectivity index (χ0) is 22.1. The van der Waals surface area contributed by atoms with Crippen molar-refractivity contribution in [2.75, 3.05) is 29.5 Å². The maximum atomic E-state index is 13.2. The molecule has 0 saturated carbocycles. The summed E-state index contributed by atoms with van der Waals surface area (Å²) in [4.78, 5) is 29.1. The van der Waals surface area contributed by atoms with Crippen LogP contribution in [0.4, 0.5) is 5.69 Å². The van der Waals surface area contributed by atoms with E-state index in [1.54, 1.807) is 13.0 Å². The molecular formula is C22H25N3O4S. The number of carbonyl (C=O) groups is 2. The SMILES string of the molecule is CCN(CC)c1ccc(/C=C2\C(=O)N(C3CCS(=O)(=O)C3)C(=O)C(C#N)=C2C)cc1. The van der Waals surface area contributed by atoms with Gasteiger partial charge in [0.15, 0.2) is 9.84 Å². The summed E-state index contributed by atoms with van der Waals surface area (Å²) in [5, 5.41) is 9.50. The van der Waals surface area contributed by atoms with Gasteiger partial charge in [-0.1, -0.05) is 12.1 Å². The molecule has 1 unspecified atom stereocenters. The van der Waals surface area contributed by atoms with E-state index in [9.17, 15) is 23.3 Å². The van der Waals surface area contributed by atoms with E-state index in [2.05, 4.69) is 18.7 Å². The van der Waals surface area contributed by atoms with E-state index in [-0.39, 0.29) is 29.1 Å². The van der Waals surface area contributed by atoms with Gasteiger partial charge in [-0.2, -0.15) is 5.26 Å². The molecule has 2 aliphatic rings. The maximum Gasteiger partial charge on any atom is 0.271 e. The molecule has 7 nitrogen and oxygen atoms in total. The molecule has 0 N–H and O–H groups in total. The van der Waals surface area contributed by atoms with E-state index >= 15 is 0 Å². The second kappa shape index (κ2) is 8.44. The molecule has 2 amide bonds. The zero-order valence-corrected chi connectivity index (χ0v) is 18.2. The van der Waals surface area contributed by atoms with Crippen LogP contribution in [0.5, 0.6) is 0 Å². The predicted molar refractivity (Wildman–Crippen MR) is 115 cm³/mol. The van der Waals surface area contributed by atoms with Gasteiger partial charge in [-0.3, -0.25) is 14.5 Å². The summed E-state index contributed by atoms with van der Waals surface area (Å²) >= 11 is 0. The average molecular weight is 428 g/mol. The second-order valence-electron chi connectivity index (χ2n) is 7.47. The van der Waals surface area contributed by atoms with Gasteiger partial charge in [0.2, 0.25) is 0 Å². The lowest BCUT2D eigenvalue weighted by Crippen LogP contribution is -2.49. The monoisotopic (exact) mass is 427 g/mol. The minimum absolute atomic E-state index is 0.0643. The number of nitrogens with zero attached hydrogens (tertiary/aromatic N) is 3. The lowest BCUT2D eigenvalue weighted by atomic mass is 9.92. The minimum atomic E-state index is -3.29. The molecule has 30 heavy (non-hydrogen) atoms. The number of carbonyl (C=O) groups excluding carboxylic acids is 2. The first-order valence-electron chi connectivity index (χ1n) is 9.98. The summed E-state index contributed by atoms with van der Waals surface area (Å²) in [6, 6.07) is 8.85. The smallest absolute Gasteiger partial charge is 0.271 e. The molecule has 0 aliphatic carbocycles.